The van der Waals surface area contributed by atoms with Gasteiger partial charge in [0.25, 0.3) is 0 Å². The van der Waals surface area contributed by atoms with E-state index < -0.39 is 0 Å². The van der Waals surface area contributed by atoms with Gasteiger partial charge >= 0.3 is 5.97 Å². The maximum atomic E-state index is 10.7. The van der Waals surface area contributed by atoms with Gasteiger partial charge in [0.05, 0.1) is 13.5 Å². The summed E-state index contributed by atoms with van der Waals surface area (Å²) in [5.74, 6) is -0.229. The van der Waals surface area contributed by atoms with Gasteiger partial charge in [0.2, 0.25) is 0 Å². The topological polar surface area (TPSA) is 77.2 Å². The highest BCUT2D eigenvalue weighted by molar-refractivity contribution is 5.69. The summed E-state index contributed by atoms with van der Waals surface area (Å²) in [7, 11) is 1.37. The summed E-state index contributed by atoms with van der Waals surface area (Å²) in [6.45, 7) is 2.92. The molecule has 0 unspecified atom stereocenters. The summed E-state index contributed by atoms with van der Waals surface area (Å²) in [5.41, 5.74) is 1.52. The molecule has 0 aliphatic rings. The van der Waals surface area contributed by atoms with Crippen LogP contribution in [0.1, 0.15) is 17.8 Å². The molecule has 0 bridgehead atoms. The minimum absolute atomic E-state index is 0.229. The van der Waals surface area contributed by atoms with E-state index >= 15 is 0 Å². The minimum atomic E-state index is -0.229. The molecule has 0 spiro atoms. The monoisotopic (exact) mass is 199 g/mol. The number of esters is 1. The van der Waals surface area contributed by atoms with Gasteiger partial charge in [0.1, 0.15) is 11.4 Å². The van der Waals surface area contributed by atoms with Crippen LogP contribution in [-0.2, 0) is 16.1 Å². The fourth-order valence-electron chi connectivity index (χ4n) is 0.909. The number of aryl methyl sites for hydroxylation is 1. The Bertz CT molecular complexity index is 298. The minimum Gasteiger partial charge on any atom is -0.469 e. The number of hydrogen-bond donors (Lipinski definition) is 1. The third kappa shape index (κ3) is 3.14. The Labute approximate surface area is 81.6 Å². The number of rotatable bonds is 5. The summed E-state index contributed by atoms with van der Waals surface area (Å²) >= 11 is 0. The van der Waals surface area contributed by atoms with Gasteiger partial charge in [0.15, 0.2) is 0 Å². The van der Waals surface area contributed by atoms with Crippen LogP contribution in [0.15, 0.2) is 4.63 Å². The standard InChI is InChI=1S/C8H13N3O3/c1-6-7(11-14-10-6)5-9-4-3-8(12)13-2/h9H,3-5H2,1-2H3. The highest BCUT2D eigenvalue weighted by Crippen LogP contribution is 1.98. The number of nitrogens with one attached hydrogen (secondary N) is 1. The van der Waals surface area contributed by atoms with Crippen LogP contribution < -0.4 is 5.32 Å². The molecule has 0 fully saturated rings. The third-order valence-electron chi connectivity index (χ3n) is 1.77. The van der Waals surface area contributed by atoms with Crippen LogP contribution >= 0.6 is 0 Å². The Morgan fingerprint density at radius 3 is 2.93 bits per heavy atom. The number of aromatic nitrogens is 2. The highest BCUT2D eigenvalue weighted by atomic mass is 16.6. The van der Waals surface area contributed by atoms with Crippen molar-refractivity contribution in [3.05, 3.63) is 11.4 Å². The van der Waals surface area contributed by atoms with Crippen LogP contribution in [0.25, 0.3) is 0 Å². The van der Waals surface area contributed by atoms with E-state index in [0.29, 0.717) is 19.5 Å². The zero-order chi connectivity index (χ0) is 10.4. The van der Waals surface area contributed by atoms with Crippen molar-refractivity contribution >= 4 is 5.97 Å². The van der Waals surface area contributed by atoms with E-state index in [1.807, 2.05) is 6.92 Å². The molecular weight excluding hydrogens is 186 g/mol. The van der Waals surface area contributed by atoms with Crippen molar-refractivity contribution < 1.29 is 14.2 Å². The van der Waals surface area contributed by atoms with E-state index in [9.17, 15) is 4.79 Å². The molecule has 1 heterocycles. The second-order valence-electron chi connectivity index (χ2n) is 2.80. The molecule has 1 rings (SSSR count). The van der Waals surface area contributed by atoms with Gasteiger partial charge in [-0.1, -0.05) is 10.3 Å². The molecule has 0 aliphatic heterocycles. The molecule has 0 radical (unpaired) electrons. The van der Waals surface area contributed by atoms with Crippen molar-refractivity contribution in [3.63, 3.8) is 0 Å². The lowest BCUT2D eigenvalue weighted by atomic mass is 10.3. The van der Waals surface area contributed by atoms with E-state index in [-0.39, 0.29) is 5.97 Å². The Kier molecular flexibility index (Phi) is 4.06. The zero-order valence-electron chi connectivity index (χ0n) is 8.24. The average molecular weight is 199 g/mol. The first-order valence-electron chi connectivity index (χ1n) is 4.29. The normalized spacial score (nSPS) is 10.1. The van der Waals surface area contributed by atoms with Crippen molar-refractivity contribution in [1.82, 2.24) is 15.6 Å². The number of ether oxygens (including phenoxy) is 1. The molecule has 6 nitrogen and oxygen atoms in total. The van der Waals surface area contributed by atoms with Crippen molar-refractivity contribution in [2.45, 2.75) is 19.9 Å². The van der Waals surface area contributed by atoms with Gasteiger partial charge in [-0.25, -0.2) is 4.63 Å². The first-order valence-corrected chi connectivity index (χ1v) is 4.29. The Morgan fingerprint density at radius 2 is 2.36 bits per heavy atom. The molecule has 0 atom stereocenters. The molecule has 78 valence electrons. The van der Waals surface area contributed by atoms with Gasteiger partial charge < -0.3 is 10.1 Å². The maximum Gasteiger partial charge on any atom is 0.306 e. The van der Waals surface area contributed by atoms with Crippen LogP contribution in [0.5, 0.6) is 0 Å². The molecule has 6 heteroatoms. The van der Waals surface area contributed by atoms with Crippen LogP contribution in [-0.4, -0.2) is 29.9 Å². The average Bonchev–Trinajstić information content (AvgIpc) is 2.58. The van der Waals surface area contributed by atoms with Gasteiger partial charge in [-0.3, -0.25) is 4.79 Å². The van der Waals surface area contributed by atoms with E-state index in [0.717, 1.165) is 11.4 Å². The maximum absolute atomic E-state index is 10.7. The van der Waals surface area contributed by atoms with E-state index in [1.165, 1.54) is 7.11 Å². The predicted molar refractivity (Wildman–Crippen MR) is 47.4 cm³/mol. The number of hydrogen-bond acceptors (Lipinski definition) is 6. The van der Waals surface area contributed by atoms with Gasteiger partial charge in [-0.15, -0.1) is 0 Å². The lowest BCUT2D eigenvalue weighted by Crippen LogP contribution is -2.19. The molecule has 14 heavy (non-hydrogen) atoms. The summed E-state index contributed by atoms with van der Waals surface area (Å²) in [6, 6.07) is 0. The highest BCUT2D eigenvalue weighted by Gasteiger charge is 2.04. The second kappa shape index (κ2) is 5.33. The smallest absolute Gasteiger partial charge is 0.306 e. The molecule has 0 aliphatic carbocycles. The van der Waals surface area contributed by atoms with Crippen molar-refractivity contribution in [2.75, 3.05) is 13.7 Å². The fourth-order valence-corrected chi connectivity index (χ4v) is 0.909. The molecule has 0 amide bonds. The van der Waals surface area contributed by atoms with Crippen molar-refractivity contribution in [3.8, 4) is 0 Å². The van der Waals surface area contributed by atoms with E-state index in [1.54, 1.807) is 0 Å². The molecular formula is C8H13N3O3. The van der Waals surface area contributed by atoms with Crippen LogP contribution in [0, 0.1) is 6.92 Å². The van der Waals surface area contributed by atoms with Crippen LogP contribution in [0.4, 0.5) is 0 Å². The van der Waals surface area contributed by atoms with Crippen molar-refractivity contribution in [1.29, 1.82) is 0 Å². The summed E-state index contributed by atoms with van der Waals surface area (Å²) in [6.07, 6.45) is 0.348. The zero-order valence-corrected chi connectivity index (χ0v) is 8.24. The number of carbonyl (C=O) groups is 1. The summed E-state index contributed by atoms with van der Waals surface area (Å²) in [5, 5.41) is 10.3. The Morgan fingerprint density at radius 1 is 1.57 bits per heavy atom. The van der Waals surface area contributed by atoms with Crippen molar-refractivity contribution in [2.24, 2.45) is 0 Å². The number of carbonyl (C=O) groups excluding carboxylic acids is 1. The third-order valence-corrected chi connectivity index (χ3v) is 1.77. The fraction of sp³-hybridized carbons (Fsp3) is 0.625. The van der Waals surface area contributed by atoms with Gasteiger partial charge in [0, 0.05) is 13.1 Å². The molecule has 0 aromatic carbocycles. The molecule has 0 saturated heterocycles. The van der Waals surface area contributed by atoms with Crippen LogP contribution in [0.3, 0.4) is 0 Å². The first kappa shape index (κ1) is 10.6. The largest absolute Gasteiger partial charge is 0.469 e. The lowest BCUT2D eigenvalue weighted by Gasteiger charge is -2.00. The Hall–Kier alpha value is -1.43. The molecule has 0 saturated carbocycles. The number of methoxy groups -OCH3 is 1. The molecule has 1 aromatic heterocycles. The summed E-state index contributed by atoms with van der Waals surface area (Å²) in [4.78, 5) is 10.7. The van der Waals surface area contributed by atoms with E-state index in [4.69, 9.17) is 0 Å². The quantitative estimate of drug-likeness (QED) is 0.532. The van der Waals surface area contributed by atoms with Gasteiger partial charge in [-0.2, -0.15) is 0 Å². The predicted octanol–water partition coefficient (Wildman–Crippen LogP) is 0.0307. The number of nitrogens with zero attached hydrogens (tertiary/aromatic N) is 2. The molecule has 1 aromatic rings. The SMILES string of the molecule is COC(=O)CCNCc1nonc1C. The van der Waals surface area contributed by atoms with Gasteiger partial charge in [-0.05, 0) is 6.92 Å². The first-order chi connectivity index (χ1) is 6.74. The molecule has 1 N–H and O–H groups in total. The Balaban J connectivity index is 2.16. The van der Waals surface area contributed by atoms with E-state index in [2.05, 4.69) is 25.0 Å². The summed E-state index contributed by atoms with van der Waals surface area (Å²) < 4.78 is 9.00. The van der Waals surface area contributed by atoms with Crippen LogP contribution in [0.2, 0.25) is 0 Å². The lowest BCUT2D eigenvalue weighted by molar-refractivity contribution is -0.140. The second-order valence-corrected chi connectivity index (χ2v) is 2.80.